The Morgan fingerprint density at radius 3 is 2.48 bits per heavy atom. The van der Waals surface area contributed by atoms with Crippen LogP contribution < -0.4 is 5.32 Å². The summed E-state index contributed by atoms with van der Waals surface area (Å²) in [6, 6.07) is 5.31. The van der Waals surface area contributed by atoms with Gasteiger partial charge in [-0.3, -0.25) is 9.59 Å². The summed E-state index contributed by atoms with van der Waals surface area (Å²) < 4.78 is 36.4. The zero-order valence-electron chi connectivity index (χ0n) is 11.0. The summed E-state index contributed by atoms with van der Waals surface area (Å²) in [6.45, 7) is 4.91. The second-order valence-electron chi connectivity index (χ2n) is 4.21. The van der Waals surface area contributed by atoms with Gasteiger partial charge in [0, 0.05) is 22.9 Å². The highest BCUT2D eigenvalue weighted by Gasteiger charge is 2.34. The molecule has 0 spiro atoms. The second-order valence-corrected chi connectivity index (χ2v) is 4.21. The van der Waals surface area contributed by atoms with Crippen LogP contribution in [0, 0.1) is 0 Å². The average Bonchev–Trinajstić information content (AvgIpc) is 2.37. The number of carbonyl (C=O) groups excluding carboxylic acids is 2. The second kappa shape index (κ2) is 6.25. The van der Waals surface area contributed by atoms with Crippen molar-refractivity contribution in [3.05, 3.63) is 53.8 Å². The summed E-state index contributed by atoms with van der Waals surface area (Å²) in [5.41, 5.74) is 0.361. The predicted octanol–water partition coefficient (Wildman–Crippen LogP) is 3.39. The fourth-order valence-corrected chi connectivity index (χ4v) is 1.28. The van der Waals surface area contributed by atoms with Gasteiger partial charge >= 0.3 is 6.18 Å². The van der Waals surface area contributed by atoms with E-state index in [4.69, 9.17) is 5.11 Å². The van der Waals surface area contributed by atoms with Gasteiger partial charge in [-0.15, -0.1) is 0 Å². The smallest absolute Gasteiger partial charge is 0.448 e. The molecule has 0 aromatic heterocycles. The van der Waals surface area contributed by atoms with Gasteiger partial charge in [0.15, 0.2) is 5.78 Å². The summed E-state index contributed by atoms with van der Waals surface area (Å²) in [5.74, 6) is -3.49. The highest BCUT2D eigenvalue weighted by Crippen LogP contribution is 2.23. The van der Waals surface area contributed by atoms with E-state index in [9.17, 15) is 22.8 Å². The number of hydrogen-bond donors (Lipinski definition) is 2. The Morgan fingerprint density at radius 2 is 1.95 bits per heavy atom. The molecule has 0 unspecified atom stereocenters. The molecule has 0 saturated carbocycles. The first-order valence-electron chi connectivity index (χ1n) is 5.70. The molecule has 0 heterocycles. The lowest BCUT2D eigenvalue weighted by Crippen LogP contribution is -2.14. The largest absolute Gasteiger partial charge is 0.504 e. The molecule has 21 heavy (non-hydrogen) atoms. The number of amides is 1. The molecular formula is C14H12F3NO3. The molecule has 1 amide bonds. The molecule has 0 bridgehead atoms. The van der Waals surface area contributed by atoms with Gasteiger partial charge < -0.3 is 10.4 Å². The van der Waals surface area contributed by atoms with Crippen molar-refractivity contribution >= 4 is 17.4 Å². The lowest BCUT2D eigenvalue weighted by atomic mass is 10.1. The number of aliphatic hydroxyl groups is 1. The molecule has 0 fully saturated rings. The number of halogens is 3. The van der Waals surface area contributed by atoms with E-state index in [2.05, 4.69) is 11.9 Å². The molecule has 7 heteroatoms. The van der Waals surface area contributed by atoms with Gasteiger partial charge in [0.25, 0.3) is 5.91 Å². The number of carbonyl (C=O) groups is 2. The van der Waals surface area contributed by atoms with Crippen molar-refractivity contribution in [3.8, 4) is 0 Å². The van der Waals surface area contributed by atoms with Crippen LogP contribution in [0.15, 0.2) is 48.3 Å². The third kappa shape index (κ3) is 4.79. The first-order valence-corrected chi connectivity index (χ1v) is 5.70. The van der Waals surface area contributed by atoms with Gasteiger partial charge in [0.05, 0.1) is 0 Å². The van der Waals surface area contributed by atoms with Gasteiger partial charge in [-0.25, -0.2) is 0 Å². The quantitative estimate of drug-likeness (QED) is 0.509. The van der Waals surface area contributed by atoms with Crippen molar-refractivity contribution in [2.45, 2.75) is 13.1 Å². The zero-order chi connectivity index (χ0) is 16.2. The molecule has 4 nitrogen and oxygen atoms in total. The SMILES string of the molecule is C=C(C)C(=O)Nc1cccc(C(=O)/C=C(\O)C(F)(F)F)c1. The normalized spacial score (nSPS) is 11.9. The van der Waals surface area contributed by atoms with Crippen molar-refractivity contribution in [3.63, 3.8) is 0 Å². The summed E-state index contributed by atoms with van der Waals surface area (Å²) in [5, 5.41) is 11.2. The average molecular weight is 299 g/mol. The van der Waals surface area contributed by atoms with Crippen LogP contribution in [0.3, 0.4) is 0 Å². The van der Waals surface area contributed by atoms with Crippen LogP contribution in [0.5, 0.6) is 0 Å². The van der Waals surface area contributed by atoms with E-state index in [-0.39, 0.29) is 22.9 Å². The van der Waals surface area contributed by atoms with Crippen molar-refractivity contribution in [2.24, 2.45) is 0 Å². The Balaban J connectivity index is 2.98. The molecule has 1 aromatic carbocycles. The molecule has 0 aliphatic rings. The molecule has 0 aliphatic carbocycles. The maximum atomic E-state index is 12.1. The maximum absolute atomic E-state index is 12.1. The summed E-state index contributed by atoms with van der Waals surface area (Å²) >= 11 is 0. The van der Waals surface area contributed by atoms with Crippen LogP contribution in [0.4, 0.5) is 18.9 Å². The molecule has 1 rings (SSSR count). The molecule has 112 valence electrons. The highest BCUT2D eigenvalue weighted by atomic mass is 19.4. The molecule has 2 N–H and O–H groups in total. The molecule has 0 aliphatic heterocycles. The van der Waals surface area contributed by atoms with Crippen LogP contribution in [0.25, 0.3) is 0 Å². The van der Waals surface area contributed by atoms with Crippen molar-refractivity contribution in [2.75, 3.05) is 5.32 Å². The summed E-state index contributed by atoms with van der Waals surface area (Å²) in [4.78, 5) is 23.0. The summed E-state index contributed by atoms with van der Waals surface area (Å²) in [7, 11) is 0. The lowest BCUT2D eigenvalue weighted by molar-refractivity contribution is -0.120. The number of allylic oxidation sites excluding steroid dienone is 2. The molecule has 0 radical (unpaired) electrons. The standard InChI is InChI=1S/C14H12F3NO3/c1-8(2)13(21)18-10-5-3-4-9(6-10)11(19)7-12(20)14(15,16)17/h3-7,20H,1H2,2H3,(H,18,21)/b12-7-. The number of hydrogen-bond acceptors (Lipinski definition) is 3. The van der Waals surface area contributed by atoms with Gasteiger partial charge in [-0.05, 0) is 19.1 Å². The topological polar surface area (TPSA) is 66.4 Å². The van der Waals surface area contributed by atoms with E-state index >= 15 is 0 Å². The van der Waals surface area contributed by atoms with E-state index in [1.54, 1.807) is 0 Å². The molecule has 0 atom stereocenters. The minimum atomic E-state index is -4.98. The van der Waals surface area contributed by atoms with E-state index in [0.29, 0.717) is 0 Å². The number of ketones is 1. The van der Waals surface area contributed by atoms with Crippen molar-refractivity contribution in [1.82, 2.24) is 0 Å². The fourth-order valence-electron chi connectivity index (χ4n) is 1.28. The first kappa shape index (κ1) is 16.5. The van der Waals surface area contributed by atoms with Crippen LogP contribution >= 0.6 is 0 Å². The first-order chi connectivity index (χ1) is 9.61. The van der Waals surface area contributed by atoms with Gasteiger partial charge in [0.2, 0.25) is 5.76 Å². The third-order valence-corrected chi connectivity index (χ3v) is 2.35. The third-order valence-electron chi connectivity index (χ3n) is 2.35. The van der Waals surface area contributed by atoms with Gasteiger partial charge in [-0.1, -0.05) is 18.7 Å². The maximum Gasteiger partial charge on any atom is 0.448 e. The van der Waals surface area contributed by atoms with E-state index in [1.807, 2.05) is 0 Å². The number of alkyl halides is 3. The Labute approximate surface area is 118 Å². The minimum absolute atomic E-state index is 0.0830. The van der Waals surface area contributed by atoms with E-state index < -0.39 is 23.6 Å². The Hall–Kier alpha value is -2.57. The van der Waals surface area contributed by atoms with Gasteiger partial charge in [-0.2, -0.15) is 13.2 Å². The number of anilines is 1. The van der Waals surface area contributed by atoms with Crippen LogP contribution in [0.2, 0.25) is 0 Å². The lowest BCUT2D eigenvalue weighted by Gasteiger charge is -2.07. The molecule has 1 aromatic rings. The minimum Gasteiger partial charge on any atom is -0.504 e. The van der Waals surface area contributed by atoms with E-state index in [0.717, 1.165) is 0 Å². The van der Waals surface area contributed by atoms with Gasteiger partial charge in [0.1, 0.15) is 0 Å². The Morgan fingerprint density at radius 1 is 1.33 bits per heavy atom. The number of nitrogens with one attached hydrogen (secondary N) is 1. The summed E-state index contributed by atoms with van der Waals surface area (Å²) in [6.07, 6.45) is -4.90. The molecular weight excluding hydrogens is 287 g/mol. The Bertz CT molecular complexity index is 618. The van der Waals surface area contributed by atoms with Crippen LogP contribution in [-0.2, 0) is 4.79 Å². The number of rotatable bonds is 4. The number of aliphatic hydroxyl groups excluding tert-OH is 1. The highest BCUT2D eigenvalue weighted by molar-refractivity contribution is 6.07. The Kier molecular flexibility index (Phi) is 4.91. The van der Waals surface area contributed by atoms with Crippen molar-refractivity contribution < 1.29 is 27.9 Å². The fraction of sp³-hybridized carbons (Fsp3) is 0.143. The predicted molar refractivity (Wildman–Crippen MR) is 71.0 cm³/mol. The van der Waals surface area contributed by atoms with Crippen LogP contribution in [-0.4, -0.2) is 23.0 Å². The van der Waals surface area contributed by atoms with Crippen LogP contribution in [0.1, 0.15) is 17.3 Å². The molecule has 0 saturated heterocycles. The zero-order valence-corrected chi connectivity index (χ0v) is 11.0. The monoisotopic (exact) mass is 299 g/mol. The van der Waals surface area contributed by atoms with Crippen molar-refractivity contribution in [1.29, 1.82) is 0 Å². The number of benzene rings is 1. The van der Waals surface area contributed by atoms with E-state index in [1.165, 1.54) is 31.2 Å².